The molecule has 2 amide bonds. The van der Waals surface area contributed by atoms with Crippen LogP contribution in [0.5, 0.6) is 0 Å². The summed E-state index contributed by atoms with van der Waals surface area (Å²) in [6.07, 6.45) is 10.4. The third-order valence-electron chi connectivity index (χ3n) is 6.08. The summed E-state index contributed by atoms with van der Waals surface area (Å²) in [6.45, 7) is 2.92. The molecule has 1 atom stereocenters. The zero-order valence-electron chi connectivity index (χ0n) is 16.4. The Kier molecular flexibility index (Phi) is 5.46. The third kappa shape index (κ3) is 3.96. The highest BCUT2D eigenvalue weighted by atomic mass is 16.2. The molecule has 1 fully saturated rings. The number of nitrogens with one attached hydrogen (secondary N) is 1. The van der Waals surface area contributed by atoms with Gasteiger partial charge in [-0.1, -0.05) is 25.1 Å². The molecule has 1 aliphatic carbocycles. The molecule has 0 saturated heterocycles. The average Bonchev–Trinajstić information content (AvgIpc) is 3.37. The summed E-state index contributed by atoms with van der Waals surface area (Å²) >= 11 is 0. The summed E-state index contributed by atoms with van der Waals surface area (Å²) < 4.78 is 1.76. The summed E-state index contributed by atoms with van der Waals surface area (Å²) in [4.78, 5) is 32.0. The maximum absolute atomic E-state index is 13.4. The van der Waals surface area contributed by atoms with E-state index < -0.39 is 6.04 Å². The number of imidazole rings is 1. The highest BCUT2D eigenvalue weighted by Crippen LogP contribution is 2.30. The highest BCUT2D eigenvalue weighted by molar-refractivity contribution is 6.00. The van der Waals surface area contributed by atoms with Crippen molar-refractivity contribution in [1.82, 2.24) is 14.9 Å². The molecule has 0 spiro atoms. The molecule has 6 heteroatoms. The van der Waals surface area contributed by atoms with E-state index in [9.17, 15) is 9.59 Å². The quantitative estimate of drug-likeness (QED) is 0.867. The summed E-state index contributed by atoms with van der Waals surface area (Å²) in [6, 6.07) is 7.65. The number of hydrogen-bond acceptors (Lipinski definition) is 3. The van der Waals surface area contributed by atoms with Crippen molar-refractivity contribution in [2.24, 2.45) is 5.92 Å². The Labute approximate surface area is 165 Å². The Morgan fingerprint density at radius 1 is 1.21 bits per heavy atom. The number of para-hydroxylation sites is 1. The lowest BCUT2D eigenvalue weighted by molar-refractivity contribution is -0.128. The molecule has 148 valence electrons. The molecule has 2 aromatic rings. The third-order valence-corrected chi connectivity index (χ3v) is 6.08. The van der Waals surface area contributed by atoms with E-state index in [4.69, 9.17) is 0 Å². The largest absolute Gasteiger partial charge is 0.353 e. The summed E-state index contributed by atoms with van der Waals surface area (Å²) in [7, 11) is 0. The van der Waals surface area contributed by atoms with Gasteiger partial charge < -0.3 is 14.8 Å². The number of carbonyl (C=O) groups excluding carboxylic acids is 2. The smallest absolute Gasteiger partial charge is 0.250 e. The Balaban J connectivity index is 1.47. The zero-order valence-corrected chi connectivity index (χ0v) is 16.4. The van der Waals surface area contributed by atoms with Crippen molar-refractivity contribution < 1.29 is 9.59 Å². The van der Waals surface area contributed by atoms with E-state index in [-0.39, 0.29) is 24.3 Å². The first-order valence-corrected chi connectivity index (χ1v) is 10.3. The standard InChI is InChI=1S/C22H28N4O2/c1-16-6-8-18(9-7-16)24-21(27)14-20(25-13-11-23-15-25)22(28)26-12-10-17-4-2-3-5-19(17)26/h2-5,11,13,15-16,18,20H,6-10,12,14H2,1H3,(H,24,27). The van der Waals surface area contributed by atoms with E-state index in [2.05, 4.69) is 23.3 Å². The van der Waals surface area contributed by atoms with Crippen LogP contribution in [0.1, 0.15) is 50.6 Å². The lowest BCUT2D eigenvalue weighted by atomic mass is 9.87. The van der Waals surface area contributed by atoms with Crippen molar-refractivity contribution in [1.29, 1.82) is 0 Å². The first-order chi connectivity index (χ1) is 13.6. The van der Waals surface area contributed by atoms with Crippen LogP contribution in [0.25, 0.3) is 0 Å². The Morgan fingerprint density at radius 3 is 2.75 bits per heavy atom. The van der Waals surface area contributed by atoms with Crippen LogP contribution in [-0.4, -0.2) is 34.0 Å². The van der Waals surface area contributed by atoms with Gasteiger partial charge in [-0.3, -0.25) is 9.59 Å². The van der Waals surface area contributed by atoms with Gasteiger partial charge in [0, 0.05) is 30.7 Å². The van der Waals surface area contributed by atoms with Gasteiger partial charge in [0.2, 0.25) is 5.91 Å². The van der Waals surface area contributed by atoms with E-state index in [1.54, 1.807) is 23.3 Å². The summed E-state index contributed by atoms with van der Waals surface area (Å²) in [5.41, 5.74) is 2.14. The minimum Gasteiger partial charge on any atom is -0.353 e. The molecule has 4 rings (SSSR count). The van der Waals surface area contributed by atoms with E-state index in [0.29, 0.717) is 6.54 Å². The van der Waals surface area contributed by atoms with E-state index in [1.165, 1.54) is 5.56 Å². The number of aromatic nitrogens is 2. The maximum atomic E-state index is 13.4. The number of nitrogens with zero attached hydrogens (tertiary/aromatic N) is 3. The second-order valence-corrected chi connectivity index (χ2v) is 8.12. The molecule has 1 saturated carbocycles. The number of carbonyl (C=O) groups is 2. The Hall–Kier alpha value is -2.63. The van der Waals surface area contributed by atoms with Crippen molar-refractivity contribution >= 4 is 17.5 Å². The zero-order chi connectivity index (χ0) is 19.5. The van der Waals surface area contributed by atoms with Crippen molar-refractivity contribution in [2.45, 2.75) is 57.5 Å². The molecule has 1 unspecified atom stereocenters. The van der Waals surface area contributed by atoms with Gasteiger partial charge in [0.25, 0.3) is 5.91 Å². The van der Waals surface area contributed by atoms with E-state index >= 15 is 0 Å². The van der Waals surface area contributed by atoms with Crippen LogP contribution in [0.15, 0.2) is 43.0 Å². The Bertz CT molecular complexity index is 825. The van der Waals surface area contributed by atoms with E-state index in [1.807, 2.05) is 23.1 Å². The van der Waals surface area contributed by atoms with Gasteiger partial charge in [-0.25, -0.2) is 4.98 Å². The normalized spacial score (nSPS) is 22.5. The minimum absolute atomic E-state index is 0.0460. The number of amides is 2. The van der Waals surface area contributed by atoms with Gasteiger partial charge in [-0.2, -0.15) is 0 Å². The molecule has 2 heterocycles. The van der Waals surface area contributed by atoms with E-state index in [0.717, 1.165) is 43.7 Å². The summed E-state index contributed by atoms with van der Waals surface area (Å²) in [5, 5.41) is 3.15. The van der Waals surface area contributed by atoms with Crippen LogP contribution in [0.4, 0.5) is 5.69 Å². The lowest BCUT2D eigenvalue weighted by Crippen LogP contribution is -2.42. The lowest BCUT2D eigenvalue weighted by Gasteiger charge is -2.28. The molecule has 6 nitrogen and oxygen atoms in total. The predicted octanol–water partition coefficient (Wildman–Crippen LogP) is 3.10. The number of rotatable bonds is 5. The van der Waals surface area contributed by atoms with Gasteiger partial charge >= 0.3 is 0 Å². The maximum Gasteiger partial charge on any atom is 0.250 e. The minimum atomic E-state index is -0.573. The second kappa shape index (κ2) is 8.17. The highest BCUT2D eigenvalue weighted by Gasteiger charge is 2.33. The van der Waals surface area contributed by atoms with Crippen molar-refractivity contribution in [3.8, 4) is 0 Å². The average molecular weight is 380 g/mol. The second-order valence-electron chi connectivity index (χ2n) is 8.12. The fraction of sp³-hybridized carbons (Fsp3) is 0.500. The first kappa shape index (κ1) is 18.7. The van der Waals surface area contributed by atoms with Crippen molar-refractivity contribution in [2.75, 3.05) is 11.4 Å². The van der Waals surface area contributed by atoms with Gasteiger partial charge in [-0.05, 0) is 49.7 Å². The molecular formula is C22H28N4O2. The van der Waals surface area contributed by atoms with Crippen molar-refractivity contribution in [3.63, 3.8) is 0 Å². The molecule has 1 aliphatic heterocycles. The SMILES string of the molecule is CC1CCC(NC(=O)CC(C(=O)N2CCc3ccccc32)n2ccnc2)CC1. The van der Waals surface area contributed by atoms with Crippen LogP contribution in [-0.2, 0) is 16.0 Å². The van der Waals surface area contributed by atoms with Crippen LogP contribution in [0, 0.1) is 5.92 Å². The molecule has 1 aromatic carbocycles. The molecule has 2 aliphatic rings. The molecule has 0 bridgehead atoms. The van der Waals surface area contributed by atoms with Crippen molar-refractivity contribution in [3.05, 3.63) is 48.5 Å². The van der Waals surface area contributed by atoms with Gasteiger partial charge in [-0.15, -0.1) is 0 Å². The van der Waals surface area contributed by atoms with Crippen LogP contribution in [0.2, 0.25) is 0 Å². The molecule has 0 radical (unpaired) electrons. The molecule has 28 heavy (non-hydrogen) atoms. The molecule has 1 aromatic heterocycles. The Morgan fingerprint density at radius 2 is 2.00 bits per heavy atom. The van der Waals surface area contributed by atoms with Gasteiger partial charge in [0.15, 0.2) is 0 Å². The number of fused-ring (bicyclic) bond motifs is 1. The first-order valence-electron chi connectivity index (χ1n) is 10.3. The summed E-state index contributed by atoms with van der Waals surface area (Å²) in [5.74, 6) is 0.637. The fourth-order valence-electron chi connectivity index (χ4n) is 4.39. The van der Waals surface area contributed by atoms with Gasteiger partial charge in [0.1, 0.15) is 6.04 Å². The van der Waals surface area contributed by atoms with Crippen LogP contribution >= 0.6 is 0 Å². The number of hydrogen-bond donors (Lipinski definition) is 1. The molecule has 1 N–H and O–H groups in total. The predicted molar refractivity (Wildman–Crippen MR) is 108 cm³/mol. The van der Waals surface area contributed by atoms with Crippen LogP contribution in [0.3, 0.4) is 0 Å². The number of benzene rings is 1. The fourth-order valence-corrected chi connectivity index (χ4v) is 4.39. The van der Waals surface area contributed by atoms with Gasteiger partial charge in [0.05, 0.1) is 12.7 Å². The number of anilines is 1. The topological polar surface area (TPSA) is 67.2 Å². The monoisotopic (exact) mass is 380 g/mol. The van der Waals surface area contributed by atoms with Crippen LogP contribution < -0.4 is 10.2 Å². The molecular weight excluding hydrogens is 352 g/mol.